The maximum Gasteiger partial charge on any atom is 0.0555 e. The van der Waals surface area contributed by atoms with Crippen molar-refractivity contribution in [3.05, 3.63) is 64.2 Å². The molecule has 0 radical (unpaired) electrons. The molecule has 0 aliphatic carbocycles. The van der Waals surface area contributed by atoms with E-state index >= 15 is 0 Å². The molecule has 0 bridgehead atoms. The van der Waals surface area contributed by atoms with E-state index in [2.05, 4.69) is 42.6 Å². The van der Waals surface area contributed by atoms with Crippen LogP contribution < -0.4 is 5.32 Å². The van der Waals surface area contributed by atoms with Gasteiger partial charge in [-0.3, -0.25) is 0 Å². The van der Waals surface area contributed by atoms with Gasteiger partial charge in [0.05, 0.1) is 6.04 Å². The van der Waals surface area contributed by atoms with Gasteiger partial charge in [0.15, 0.2) is 0 Å². The van der Waals surface area contributed by atoms with Crippen LogP contribution in [-0.2, 0) is 6.42 Å². The highest BCUT2D eigenvalue weighted by Crippen LogP contribution is 2.38. The Hall–Kier alpha value is -1.47. The van der Waals surface area contributed by atoms with Crippen molar-refractivity contribution in [1.82, 2.24) is 0 Å². The van der Waals surface area contributed by atoms with Crippen LogP contribution in [0, 0.1) is 6.92 Å². The summed E-state index contributed by atoms with van der Waals surface area (Å²) in [6, 6.07) is 15.0. The summed E-state index contributed by atoms with van der Waals surface area (Å²) in [6.45, 7) is 2.07. The Balaban J connectivity index is 1.96. The lowest BCUT2D eigenvalue weighted by molar-refractivity contribution is 0.824. The SMILES string of the molecule is Cc1c(Cl)ccc2c1NC(c1ccccc1)C2. The van der Waals surface area contributed by atoms with Gasteiger partial charge < -0.3 is 5.32 Å². The molecular formula is C15H14ClN. The largest absolute Gasteiger partial charge is 0.377 e. The standard InChI is InChI=1S/C15H14ClN/c1-10-13(16)8-7-12-9-14(17-15(10)12)11-5-3-2-4-6-11/h2-8,14,17H,9H2,1H3. The van der Waals surface area contributed by atoms with Crippen LogP contribution in [0.1, 0.15) is 22.7 Å². The molecule has 1 atom stereocenters. The normalized spacial score (nSPS) is 17.6. The average Bonchev–Trinajstić information content (AvgIpc) is 2.80. The lowest BCUT2D eigenvalue weighted by Crippen LogP contribution is -2.05. The molecule has 86 valence electrons. The molecule has 0 saturated carbocycles. The van der Waals surface area contributed by atoms with Gasteiger partial charge in [-0.1, -0.05) is 48.0 Å². The Bertz CT molecular complexity index is 548. The molecule has 0 fully saturated rings. The van der Waals surface area contributed by atoms with Crippen molar-refractivity contribution >= 4 is 17.3 Å². The summed E-state index contributed by atoms with van der Waals surface area (Å²) in [5, 5.41) is 4.41. The molecule has 1 aliphatic rings. The fourth-order valence-electron chi connectivity index (χ4n) is 2.45. The van der Waals surface area contributed by atoms with E-state index in [1.165, 1.54) is 16.8 Å². The summed E-state index contributed by atoms with van der Waals surface area (Å²) in [7, 11) is 0. The molecule has 0 saturated heterocycles. The number of hydrogen-bond donors (Lipinski definition) is 1. The zero-order chi connectivity index (χ0) is 11.8. The maximum atomic E-state index is 6.15. The minimum atomic E-state index is 0.378. The van der Waals surface area contributed by atoms with Crippen LogP contribution in [0.25, 0.3) is 0 Å². The van der Waals surface area contributed by atoms with E-state index in [0.29, 0.717) is 6.04 Å². The van der Waals surface area contributed by atoms with E-state index in [4.69, 9.17) is 11.6 Å². The second-order valence-corrected chi connectivity index (χ2v) is 4.93. The Kier molecular flexibility index (Phi) is 2.56. The molecule has 0 amide bonds. The van der Waals surface area contributed by atoms with Crippen LogP contribution in [0.2, 0.25) is 5.02 Å². The van der Waals surface area contributed by atoms with E-state index in [1.807, 2.05) is 12.1 Å². The molecule has 1 N–H and O–H groups in total. The number of anilines is 1. The summed E-state index contributed by atoms with van der Waals surface area (Å²) in [4.78, 5) is 0. The number of nitrogens with one attached hydrogen (secondary N) is 1. The average molecular weight is 244 g/mol. The molecule has 1 aliphatic heterocycles. The first-order valence-corrected chi connectivity index (χ1v) is 6.23. The smallest absolute Gasteiger partial charge is 0.0555 e. The fourth-order valence-corrected chi connectivity index (χ4v) is 2.60. The van der Waals surface area contributed by atoms with Crippen LogP contribution in [0.3, 0.4) is 0 Å². The predicted molar refractivity (Wildman–Crippen MR) is 72.7 cm³/mol. The summed E-state index contributed by atoms with van der Waals surface area (Å²) >= 11 is 6.15. The monoisotopic (exact) mass is 243 g/mol. The highest BCUT2D eigenvalue weighted by molar-refractivity contribution is 6.31. The first-order chi connectivity index (χ1) is 8.25. The third-order valence-electron chi connectivity index (χ3n) is 3.43. The molecule has 1 nitrogen and oxygen atoms in total. The van der Waals surface area contributed by atoms with Crippen LogP contribution in [0.5, 0.6) is 0 Å². The van der Waals surface area contributed by atoms with Crippen LogP contribution >= 0.6 is 11.6 Å². The molecule has 0 spiro atoms. The number of hydrogen-bond acceptors (Lipinski definition) is 1. The summed E-state index contributed by atoms with van der Waals surface area (Å²) in [5.41, 5.74) is 5.06. The predicted octanol–water partition coefficient (Wildman–Crippen LogP) is 4.36. The molecular weight excluding hydrogens is 230 g/mol. The second-order valence-electron chi connectivity index (χ2n) is 4.52. The zero-order valence-electron chi connectivity index (χ0n) is 9.70. The Labute approximate surface area is 106 Å². The van der Waals surface area contributed by atoms with Crippen LogP contribution in [0.15, 0.2) is 42.5 Å². The van der Waals surface area contributed by atoms with Crippen molar-refractivity contribution in [3.63, 3.8) is 0 Å². The molecule has 0 aromatic heterocycles. The van der Waals surface area contributed by atoms with E-state index < -0.39 is 0 Å². The van der Waals surface area contributed by atoms with Crippen molar-refractivity contribution in [1.29, 1.82) is 0 Å². The van der Waals surface area contributed by atoms with Gasteiger partial charge in [-0.15, -0.1) is 0 Å². The van der Waals surface area contributed by atoms with Crippen molar-refractivity contribution in [2.75, 3.05) is 5.32 Å². The summed E-state index contributed by atoms with van der Waals surface area (Å²) in [5.74, 6) is 0. The first kappa shape index (κ1) is 10.7. The molecule has 2 aromatic carbocycles. The van der Waals surface area contributed by atoms with Gasteiger partial charge >= 0.3 is 0 Å². The van der Waals surface area contributed by atoms with E-state index in [9.17, 15) is 0 Å². The Morgan fingerprint density at radius 3 is 2.65 bits per heavy atom. The number of rotatable bonds is 1. The molecule has 2 aromatic rings. The second kappa shape index (κ2) is 4.08. The number of benzene rings is 2. The van der Waals surface area contributed by atoms with Gasteiger partial charge in [0.25, 0.3) is 0 Å². The number of fused-ring (bicyclic) bond motifs is 1. The number of halogens is 1. The van der Waals surface area contributed by atoms with Gasteiger partial charge in [-0.05, 0) is 36.1 Å². The topological polar surface area (TPSA) is 12.0 Å². The fraction of sp³-hybridized carbons (Fsp3) is 0.200. The van der Waals surface area contributed by atoms with Gasteiger partial charge in [-0.2, -0.15) is 0 Å². The van der Waals surface area contributed by atoms with Crippen LogP contribution in [-0.4, -0.2) is 0 Å². The first-order valence-electron chi connectivity index (χ1n) is 5.85. The minimum absolute atomic E-state index is 0.378. The van der Waals surface area contributed by atoms with E-state index in [-0.39, 0.29) is 0 Å². The Morgan fingerprint density at radius 2 is 1.88 bits per heavy atom. The lowest BCUT2D eigenvalue weighted by atomic mass is 10.0. The van der Waals surface area contributed by atoms with Crippen molar-refractivity contribution in [3.8, 4) is 0 Å². The quantitative estimate of drug-likeness (QED) is 0.785. The maximum absolute atomic E-state index is 6.15. The third-order valence-corrected chi connectivity index (χ3v) is 3.84. The lowest BCUT2D eigenvalue weighted by Gasteiger charge is -2.12. The van der Waals surface area contributed by atoms with Gasteiger partial charge in [0.2, 0.25) is 0 Å². The zero-order valence-corrected chi connectivity index (χ0v) is 10.5. The van der Waals surface area contributed by atoms with E-state index in [0.717, 1.165) is 17.0 Å². The van der Waals surface area contributed by atoms with Crippen molar-refractivity contribution < 1.29 is 0 Å². The summed E-state index contributed by atoms with van der Waals surface area (Å²) < 4.78 is 0. The molecule has 17 heavy (non-hydrogen) atoms. The van der Waals surface area contributed by atoms with Gasteiger partial charge in [0, 0.05) is 10.7 Å². The molecule has 1 unspecified atom stereocenters. The molecule has 1 heterocycles. The molecule has 2 heteroatoms. The van der Waals surface area contributed by atoms with Gasteiger partial charge in [-0.25, -0.2) is 0 Å². The van der Waals surface area contributed by atoms with Crippen LogP contribution in [0.4, 0.5) is 5.69 Å². The van der Waals surface area contributed by atoms with Crippen molar-refractivity contribution in [2.24, 2.45) is 0 Å². The third kappa shape index (κ3) is 1.81. The highest BCUT2D eigenvalue weighted by atomic mass is 35.5. The summed E-state index contributed by atoms with van der Waals surface area (Å²) in [6.07, 6.45) is 1.04. The highest BCUT2D eigenvalue weighted by Gasteiger charge is 2.23. The minimum Gasteiger partial charge on any atom is -0.377 e. The van der Waals surface area contributed by atoms with Gasteiger partial charge in [0.1, 0.15) is 0 Å². The Morgan fingerprint density at radius 1 is 1.12 bits per heavy atom. The van der Waals surface area contributed by atoms with Crippen molar-refractivity contribution in [2.45, 2.75) is 19.4 Å². The molecule has 3 rings (SSSR count). The van der Waals surface area contributed by atoms with E-state index in [1.54, 1.807) is 0 Å².